The minimum atomic E-state index is -2.97. The molecule has 0 spiro atoms. The van der Waals surface area contributed by atoms with Crippen molar-refractivity contribution in [1.82, 2.24) is 0 Å². The second-order valence-corrected chi connectivity index (χ2v) is 2.42. The maximum Gasteiger partial charge on any atom is 3.00 e. The number of aliphatic carboxylic acids is 3. The molecule has 0 aromatic carbocycles. The van der Waals surface area contributed by atoms with E-state index >= 15 is 0 Å². The summed E-state index contributed by atoms with van der Waals surface area (Å²) in [4.78, 5) is 30.0. The first kappa shape index (κ1) is 15.4. The molecule has 0 saturated heterocycles. The smallest absolute Gasteiger partial charge is 0.550 e. The van der Waals surface area contributed by atoms with E-state index < -0.39 is 36.4 Å². The minimum absolute atomic E-state index is 0. The predicted molar refractivity (Wildman–Crippen MR) is 35.0 cm³/mol. The summed E-state index contributed by atoms with van der Waals surface area (Å²) >= 11 is 0. The van der Waals surface area contributed by atoms with Gasteiger partial charge in [0.25, 0.3) is 0 Å². The average Bonchev–Trinajstić information content (AvgIpc) is 1.82. The summed E-state index contributed by atoms with van der Waals surface area (Å²) in [5.74, 6) is -5.98. The molecule has 0 heterocycles. The molecule has 0 radical (unpaired) electrons. The maximum absolute atomic E-state index is 10.1. The molecule has 0 saturated carbocycles. The molecular weight excluding hydrogens is 211 g/mol. The van der Waals surface area contributed by atoms with Crippen molar-refractivity contribution in [2.24, 2.45) is 0 Å². The van der Waals surface area contributed by atoms with Crippen LogP contribution >= 0.6 is 0 Å². The fourth-order valence-electron chi connectivity index (χ4n) is 0.684. The van der Waals surface area contributed by atoms with E-state index in [1.165, 1.54) is 0 Å². The largest absolute Gasteiger partial charge is 3.00 e. The minimum Gasteiger partial charge on any atom is -0.550 e. The monoisotopic (exact) mass is 216 g/mol. The van der Waals surface area contributed by atoms with Gasteiger partial charge in [0.15, 0.2) is 0 Å². The summed E-state index contributed by atoms with van der Waals surface area (Å²) in [5.41, 5.74) is -2.97. The van der Waals surface area contributed by atoms with Crippen LogP contribution in [0, 0.1) is 0 Å². The average molecular weight is 216 g/mol. The Labute approximate surface area is 89.1 Å². The van der Waals surface area contributed by atoms with Crippen LogP contribution in [0.1, 0.15) is 12.8 Å². The second kappa shape index (κ2) is 5.59. The van der Waals surface area contributed by atoms with Crippen LogP contribution in [0.25, 0.3) is 0 Å². The quantitative estimate of drug-likeness (QED) is 0.451. The zero-order chi connectivity index (χ0) is 10.6. The topological polar surface area (TPSA) is 141 Å². The van der Waals surface area contributed by atoms with Gasteiger partial charge in [0, 0.05) is 24.8 Å². The van der Waals surface area contributed by atoms with Gasteiger partial charge in [-0.05, 0) is 0 Å². The van der Waals surface area contributed by atoms with Crippen molar-refractivity contribution in [1.29, 1.82) is 0 Å². The molecule has 0 aromatic heterocycles. The molecule has 14 heavy (non-hydrogen) atoms. The SMILES string of the molecule is O=C([O-])CC(O)(CC(=O)[O-])C(=O)[O-].[Al+3]. The number of carbonyl (C=O) groups excluding carboxylic acids is 3. The molecule has 0 aliphatic heterocycles. The molecular formula is C6H5AlO7. The molecule has 0 unspecified atom stereocenters. The Morgan fingerprint density at radius 3 is 1.43 bits per heavy atom. The maximum atomic E-state index is 10.1. The Morgan fingerprint density at radius 2 is 1.29 bits per heavy atom. The zero-order valence-electron chi connectivity index (χ0n) is 6.89. The van der Waals surface area contributed by atoms with E-state index in [1.807, 2.05) is 0 Å². The number of aliphatic hydroxyl groups is 1. The van der Waals surface area contributed by atoms with Crippen molar-refractivity contribution in [3.8, 4) is 0 Å². The standard InChI is InChI=1S/C6H8O7.Al/c7-3(8)1-6(13,5(11)12)2-4(9)10;/h13H,1-2H2,(H,7,8)(H,9,10)(H,11,12);/q;+3/p-3. The van der Waals surface area contributed by atoms with Crippen LogP contribution in [-0.4, -0.2) is 46.0 Å². The van der Waals surface area contributed by atoms with Crippen LogP contribution in [0.4, 0.5) is 0 Å². The first-order valence-corrected chi connectivity index (χ1v) is 3.11. The van der Waals surface area contributed by atoms with Crippen molar-refractivity contribution in [3.05, 3.63) is 0 Å². The molecule has 0 aliphatic carbocycles. The van der Waals surface area contributed by atoms with Crippen LogP contribution in [0.3, 0.4) is 0 Å². The van der Waals surface area contributed by atoms with Gasteiger partial charge >= 0.3 is 17.4 Å². The van der Waals surface area contributed by atoms with Crippen LogP contribution in [-0.2, 0) is 14.4 Å². The van der Waals surface area contributed by atoms with Gasteiger partial charge in [-0.25, -0.2) is 0 Å². The van der Waals surface area contributed by atoms with Gasteiger partial charge in [-0.1, -0.05) is 0 Å². The Hall–Kier alpha value is -1.10. The van der Waals surface area contributed by atoms with Gasteiger partial charge in [-0.15, -0.1) is 0 Å². The van der Waals surface area contributed by atoms with Crippen molar-refractivity contribution >= 4 is 35.3 Å². The van der Waals surface area contributed by atoms with Crippen LogP contribution in [0.15, 0.2) is 0 Å². The van der Waals surface area contributed by atoms with E-state index in [9.17, 15) is 29.7 Å². The van der Waals surface area contributed by atoms with Crippen molar-refractivity contribution in [3.63, 3.8) is 0 Å². The summed E-state index contributed by atoms with van der Waals surface area (Å²) < 4.78 is 0. The number of rotatable bonds is 5. The number of carboxylic acids is 3. The molecule has 0 aromatic rings. The molecule has 8 heteroatoms. The van der Waals surface area contributed by atoms with Crippen molar-refractivity contribution in [2.75, 3.05) is 0 Å². The Balaban J connectivity index is 0. The van der Waals surface area contributed by atoms with Gasteiger partial charge < -0.3 is 34.8 Å². The molecule has 0 rings (SSSR count). The summed E-state index contributed by atoms with van der Waals surface area (Å²) in [5, 5.41) is 38.9. The molecule has 1 N–H and O–H groups in total. The third-order valence-electron chi connectivity index (χ3n) is 1.25. The van der Waals surface area contributed by atoms with Crippen LogP contribution in [0.5, 0.6) is 0 Å². The van der Waals surface area contributed by atoms with E-state index in [2.05, 4.69) is 0 Å². The first-order valence-electron chi connectivity index (χ1n) is 3.11. The number of hydrogen-bond acceptors (Lipinski definition) is 7. The number of hydrogen-bond donors (Lipinski definition) is 1. The van der Waals surface area contributed by atoms with Gasteiger partial charge in [0.2, 0.25) is 0 Å². The van der Waals surface area contributed by atoms with Crippen molar-refractivity contribution < 1.29 is 34.8 Å². The fourth-order valence-corrected chi connectivity index (χ4v) is 0.684. The van der Waals surface area contributed by atoms with Gasteiger partial charge in [0.1, 0.15) is 5.60 Å². The first-order chi connectivity index (χ1) is 5.78. The molecule has 7 nitrogen and oxygen atoms in total. The summed E-state index contributed by atoms with van der Waals surface area (Å²) in [6.45, 7) is 0. The fraction of sp³-hybridized carbons (Fsp3) is 0.500. The van der Waals surface area contributed by atoms with Gasteiger partial charge in [-0.2, -0.15) is 0 Å². The third kappa shape index (κ3) is 4.81. The molecule has 0 amide bonds. The van der Waals surface area contributed by atoms with Gasteiger partial charge in [0.05, 0.1) is 5.97 Å². The number of carboxylic acid groups (broad SMARTS) is 3. The van der Waals surface area contributed by atoms with Crippen LogP contribution in [0.2, 0.25) is 0 Å². The van der Waals surface area contributed by atoms with E-state index in [4.69, 9.17) is 5.11 Å². The van der Waals surface area contributed by atoms with Gasteiger partial charge in [-0.3, -0.25) is 0 Å². The normalized spacial score (nSPS) is 10.1. The Kier molecular flexibility index (Phi) is 6.15. The van der Waals surface area contributed by atoms with Crippen LogP contribution < -0.4 is 15.3 Å². The van der Waals surface area contributed by atoms with E-state index in [0.29, 0.717) is 0 Å². The molecule has 0 bridgehead atoms. The van der Waals surface area contributed by atoms with E-state index in [1.54, 1.807) is 0 Å². The third-order valence-corrected chi connectivity index (χ3v) is 1.25. The second-order valence-electron chi connectivity index (χ2n) is 2.42. The van der Waals surface area contributed by atoms with E-state index in [0.717, 1.165) is 0 Å². The Bertz CT molecular complexity index is 233. The Morgan fingerprint density at radius 1 is 1.00 bits per heavy atom. The molecule has 74 valence electrons. The summed E-state index contributed by atoms with van der Waals surface area (Å²) in [6, 6.07) is 0. The molecule has 0 atom stereocenters. The summed E-state index contributed by atoms with van der Waals surface area (Å²) in [6.07, 6.45) is -2.72. The van der Waals surface area contributed by atoms with Crippen molar-refractivity contribution in [2.45, 2.75) is 18.4 Å². The van der Waals surface area contributed by atoms with E-state index in [-0.39, 0.29) is 17.4 Å². The molecule has 0 aliphatic rings. The number of carbonyl (C=O) groups is 3. The summed E-state index contributed by atoms with van der Waals surface area (Å²) in [7, 11) is 0. The predicted octanol–water partition coefficient (Wildman–Crippen LogP) is -5.63. The molecule has 0 fully saturated rings. The zero-order valence-corrected chi connectivity index (χ0v) is 8.04.